The fourth-order valence-corrected chi connectivity index (χ4v) is 2.72. The highest BCUT2D eigenvalue weighted by molar-refractivity contribution is 5.41. The molecule has 1 aliphatic heterocycles. The lowest BCUT2D eigenvalue weighted by Gasteiger charge is -2.19. The molecule has 0 aliphatic carbocycles. The zero-order valence-electron chi connectivity index (χ0n) is 12.0. The van der Waals surface area contributed by atoms with Crippen LogP contribution in [0.4, 0.5) is 5.82 Å². The second-order valence-corrected chi connectivity index (χ2v) is 5.34. The summed E-state index contributed by atoms with van der Waals surface area (Å²) in [6.45, 7) is 7.62. The smallest absolute Gasteiger partial charge is 0.128 e. The van der Waals surface area contributed by atoms with Crippen LogP contribution >= 0.6 is 0 Å². The van der Waals surface area contributed by atoms with Crippen LogP contribution in [0.3, 0.4) is 0 Å². The Balaban J connectivity index is 1.95. The maximum atomic E-state index is 8.99. The Kier molecular flexibility index (Phi) is 5.16. The summed E-state index contributed by atoms with van der Waals surface area (Å²) in [5, 5.41) is 12.4. The number of rotatable bonds is 6. The molecule has 2 atom stereocenters. The van der Waals surface area contributed by atoms with Crippen LogP contribution < -0.4 is 10.2 Å². The van der Waals surface area contributed by atoms with Gasteiger partial charge in [-0.3, -0.25) is 0 Å². The van der Waals surface area contributed by atoms with Gasteiger partial charge in [0, 0.05) is 31.9 Å². The van der Waals surface area contributed by atoms with Gasteiger partial charge in [0.05, 0.1) is 0 Å². The van der Waals surface area contributed by atoms with Gasteiger partial charge >= 0.3 is 0 Å². The van der Waals surface area contributed by atoms with Crippen molar-refractivity contribution in [2.45, 2.75) is 32.7 Å². The Bertz CT molecular complexity index is 379. The van der Waals surface area contributed by atoms with E-state index in [-0.39, 0.29) is 0 Å². The fraction of sp³-hybridized carbons (Fsp3) is 0.667. The molecule has 1 aliphatic rings. The van der Waals surface area contributed by atoms with Crippen LogP contribution in [0, 0.1) is 5.92 Å². The normalized spacial score (nSPS) is 20.8. The van der Waals surface area contributed by atoms with E-state index < -0.39 is 0 Å². The first-order chi connectivity index (χ1) is 9.24. The maximum Gasteiger partial charge on any atom is 0.128 e. The minimum absolute atomic E-state index is 0.297. The largest absolute Gasteiger partial charge is 0.396 e. The van der Waals surface area contributed by atoms with Gasteiger partial charge in [-0.2, -0.15) is 0 Å². The molecule has 0 aromatic carbocycles. The highest BCUT2D eigenvalue weighted by Gasteiger charge is 2.22. The molecule has 2 N–H and O–H groups in total. The molecule has 1 aromatic rings. The van der Waals surface area contributed by atoms with Crippen LogP contribution in [-0.2, 0) is 0 Å². The van der Waals surface area contributed by atoms with Crippen LogP contribution in [0.1, 0.15) is 38.3 Å². The molecule has 1 aromatic heterocycles. The maximum absolute atomic E-state index is 8.99. The highest BCUT2D eigenvalue weighted by atomic mass is 16.3. The summed E-state index contributed by atoms with van der Waals surface area (Å²) in [6, 6.07) is 4.63. The average Bonchev–Trinajstić information content (AvgIpc) is 2.88. The molecule has 0 amide bonds. The summed E-state index contributed by atoms with van der Waals surface area (Å²) in [5.41, 5.74) is 1.23. The zero-order chi connectivity index (χ0) is 13.7. The Morgan fingerprint density at radius 3 is 3.00 bits per heavy atom. The number of aromatic nitrogens is 1. The molecule has 2 rings (SSSR count). The number of hydrogen-bond donors (Lipinski definition) is 2. The van der Waals surface area contributed by atoms with Crippen LogP contribution in [0.25, 0.3) is 0 Å². The van der Waals surface area contributed by atoms with Crippen LogP contribution in [0.2, 0.25) is 0 Å². The summed E-state index contributed by atoms with van der Waals surface area (Å²) in [6.07, 6.45) is 4.05. The summed E-state index contributed by atoms with van der Waals surface area (Å²) >= 11 is 0. The predicted molar refractivity (Wildman–Crippen MR) is 78.4 cm³/mol. The second kappa shape index (κ2) is 6.87. The van der Waals surface area contributed by atoms with E-state index in [1.165, 1.54) is 5.56 Å². The molecular weight excluding hydrogens is 238 g/mol. The van der Waals surface area contributed by atoms with E-state index in [1.807, 2.05) is 6.20 Å². The lowest BCUT2D eigenvalue weighted by Crippen LogP contribution is -2.22. The van der Waals surface area contributed by atoms with E-state index >= 15 is 0 Å². The quantitative estimate of drug-likeness (QED) is 0.824. The van der Waals surface area contributed by atoms with Gasteiger partial charge in [-0.1, -0.05) is 13.0 Å². The number of pyridine rings is 1. The predicted octanol–water partition coefficient (Wildman–Crippen LogP) is 1.96. The van der Waals surface area contributed by atoms with Crippen molar-refractivity contribution < 1.29 is 5.11 Å². The van der Waals surface area contributed by atoms with Crippen LogP contribution in [0.15, 0.2) is 18.3 Å². The molecule has 1 fully saturated rings. The first-order valence-electron chi connectivity index (χ1n) is 7.29. The lowest BCUT2D eigenvalue weighted by molar-refractivity contribution is 0.263. The molecule has 0 spiro atoms. The standard InChI is InChI=1S/C15H25N3O/c1-3-16-12(2)14-4-5-15(17-10-14)18-8-6-13(11-18)7-9-19/h4-5,10,12-13,16,19H,3,6-9,11H2,1-2H3. The van der Waals surface area contributed by atoms with E-state index in [4.69, 9.17) is 5.11 Å². The monoisotopic (exact) mass is 263 g/mol. The average molecular weight is 263 g/mol. The fourth-order valence-electron chi connectivity index (χ4n) is 2.72. The SMILES string of the molecule is CCNC(C)c1ccc(N2CCC(CCO)C2)nc1. The third-order valence-corrected chi connectivity index (χ3v) is 3.93. The minimum Gasteiger partial charge on any atom is -0.396 e. The van der Waals surface area contributed by atoms with E-state index in [9.17, 15) is 0 Å². The van der Waals surface area contributed by atoms with Gasteiger partial charge < -0.3 is 15.3 Å². The highest BCUT2D eigenvalue weighted by Crippen LogP contribution is 2.24. The van der Waals surface area contributed by atoms with Gasteiger partial charge in [-0.15, -0.1) is 0 Å². The summed E-state index contributed by atoms with van der Waals surface area (Å²) < 4.78 is 0. The molecule has 0 bridgehead atoms. The molecule has 4 heteroatoms. The van der Waals surface area contributed by atoms with Gasteiger partial charge in [0.15, 0.2) is 0 Å². The Morgan fingerprint density at radius 2 is 2.37 bits per heavy atom. The number of nitrogens with one attached hydrogen (secondary N) is 1. The molecule has 4 nitrogen and oxygen atoms in total. The van der Waals surface area contributed by atoms with Crippen molar-refractivity contribution in [3.05, 3.63) is 23.9 Å². The van der Waals surface area contributed by atoms with Crippen molar-refractivity contribution in [1.29, 1.82) is 0 Å². The van der Waals surface area contributed by atoms with Gasteiger partial charge in [0.1, 0.15) is 5.82 Å². The molecule has 0 radical (unpaired) electrons. The van der Waals surface area contributed by atoms with Crippen molar-refractivity contribution >= 4 is 5.82 Å². The molecular formula is C15H25N3O. The number of anilines is 1. The Morgan fingerprint density at radius 1 is 1.53 bits per heavy atom. The van der Waals surface area contributed by atoms with Crippen molar-refractivity contribution in [1.82, 2.24) is 10.3 Å². The van der Waals surface area contributed by atoms with Crippen LogP contribution in [-0.4, -0.2) is 36.3 Å². The first kappa shape index (κ1) is 14.3. The molecule has 2 unspecified atom stereocenters. The third kappa shape index (κ3) is 3.67. The van der Waals surface area contributed by atoms with E-state index in [0.717, 1.165) is 38.3 Å². The zero-order valence-corrected chi connectivity index (χ0v) is 12.0. The molecule has 0 saturated carbocycles. The minimum atomic E-state index is 0.297. The number of hydrogen-bond acceptors (Lipinski definition) is 4. The number of nitrogens with zero attached hydrogens (tertiary/aromatic N) is 2. The second-order valence-electron chi connectivity index (χ2n) is 5.34. The first-order valence-corrected chi connectivity index (χ1v) is 7.29. The van der Waals surface area contributed by atoms with Crippen LogP contribution in [0.5, 0.6) is 0 Å². The van der Waals surface area contributed by atoms with Gasteiger partial charge in [-0.05, 0) is 43.9 Å². The van der Waals surface area contributed by atoms with E-state index in [1.54, 1.807) is 0 Å². The summed E-state index contributed by atoms with van der Waals surface area (Å²) in [5.74, 6) is 1.68. The molecule has 2 heterocycles. The van der Waals surface area contributed by atoms with Crippen molar-refractivity contribution in [2.24, 2.45) is 5.92 Å². The Hall–Kier alpha value is -1.13. The van der Waals surface area contributed by atoms with Gasteiger partial charge in [-0.25, -0.2) is 4.98 Å². The molecule has 1 saturated heterocycles. The summed E-state index contributed by atoms with van der Waals surface area (Å²) in [4.78, 5) is 6.90. The van der Waals surface area contributed by atoms with E-state index in [2.05, 4.69) is 41.2 Å². The Labute approximate surface area is 115 Å². The molecule has 106 valence electrons. The lowest BCUT2D eigenvalue weighted by atomic mass is 10.1. The van der Waals surface area contributed by atoms with Crippen molar-refractivity contribution in [2.75, 3.05) is 31.1 Å². The topological polar surface area (TPSA) is 48.4 Å². The number of aliphatic hydroxyl groups excluding tert-OH is 1. The molecule has 19 heavy (non-hydrogen) atoms. The van der Waals surface area contributed by atoms with Gasteiger partial charge in [0.25, 0.3) is 0 Å². The van der Waals surface area contributed by atoms with Gasteiger partial charge in [0.2, 0.25) is 0 Å². The van der Waals surface area contributed by atoms with Crippen molar-refractivity contribution in [3.8, 4) is 0 Å². The third-order valence-electron chi connectivity index (χ3n) is 3.93. The van der Waals surface area contributed by atoms with Crippen molar-refractivity contribution in [3.63, 3.8) is 0 Å². The number of aliphatic hydroxyl groups is 1. The summed E-state index contributed by atoms with van der Waals surface area (Å²) in [7, 11) is 0. The van der Waals surface area contributed by atoms with E-state index in [0.29, 0.717) is 18.6 Å².